The van der Waals surface area contributed by atoms with E-state index in [1.165, 1.54) is 0 Å². The lowest BCUT2D eigenvalue weighted by atomic mass is 10.2. The molecule has 0 spiro atoms. The Kier molecular flexibility index (Phi) is 4.86. The molecule has 2 heterocycles. The van der Waals surface area contributed by atoms with Gasteiger partial charge in [0.05, 0.1) is 17.6 Å². The Morgan fingerprint density at radius 3 is 2.79 bits per heavy atom. The van der Waals surface area contributed by atoms with Gasteiger partial charge in [0.2, 0.25) is 0 Å². The third-order valence-electron chi connectivity index (χ3n) is 2.85. The van der Waals surface area contributed by atoms with Gasteiger partial charge in [-0.2, -0.15) is 0 Å². The Balaban J connectivity index is 1.91. The van der Waals surface area contributed by atoms with Crippen LogP contribution in [0.1, 0.15) is 23.9 Å². The van der Waals surface area contributed by atoms with Gasteiger partial charge in [0.25, 0.3) is 0 Å². The summed E-state index contributed by atoms with van der Waals surface area (Å²) in [6, 6.07) is 7.88. The molecule has 0 aliphatic rings. The molecule has 0 fully saturated rings. The second-order valence-electron chi connectivity index (χ2n) is 4.32. The van der Waals surface area contributed by atoms with Crippen molar-refractivity contribution in [2.24, 2.45) is 0 Å². The molecule has 4 nitrogen and oxygen atoms in total. The summed E-state index contributed by atoms with van der Waals surface area (Å²) in [4.78, 5) is 8.64. The van der Waals surface area contributed by atoms with Crippen molar-refractivity contribution in [3.8, 4) is 5.75 Å². The van der Waals surface area contributed by atoms with Crippen molar-refractivity contribution in [1.82, 2.24) is 15.3 Å². The number of hydrogen-bond acceptors (Lipinski definition) is 4. The number of nitrogens with zero attached hydrogens (tertiary/aromatic N) is 2. The SMILES string of the molecule is CCNCc1ccc(OCc2ncccc2C)cn1. The van der Waals surface area contributed by atoms with Crippen LogP contribution in [0, 0.1) is 6.92 Å². The first-order valence-corrected chi connectivity index (χ1v) is 6.48. The molecule has 0 aliphatic carbocycles. The molecule has 100 valence electrons. The van der Waals surface area contributed by atoms with E-state index in [0.717, 1.165) is 35.8 Å². The first kappa shape index (κ1) is 13.5. The second-order valence-corrected chi connectivity index (χ2v) is 4.32. The molecule has 0 atom stereocenters. The Morgan fingerprint density at radius 1 is 1.21 bits per heavy atom. The van der Waals surface area contributed by atoms with Gasteiger partial charge >= 0.3 is 0 Å². The molecule has 0 saturated heterocycles. The molecule has 2 aromatic rings. The molecule has 2 rings (SSSR count). The Labute approximate surface area is 113 Å². The average molecular weight is 257 g/mol. The van der Waals surface area contributed by atoms with Gasteiger partial charge in [0, 0.05) is 12.7 Å². The van der Waals surface area contributed by atoms with Crippen LogP contribution in [-0.2, 0) is 13.2 Å². The van der Waals surface area contributed by atoms with Crippen molar-refractivity contribution in [2.75, 3.05) is 6.54 Å². The highest BCUT2D eigenvalue weighted by Crippen LogP contribution is 2.12. The number of aromatic nitrogens is 2. The monoisotopic (exact) mass is 257 g/mol. The summed E-state index contributed by atoms with van der Waals surface area (Å²) in [6.45, 7) is 6.31. The standard InChI is InChI=1S/C15H19N3O/c1-3-16-9-13-6-7-14(10-18-13)19-11-15-12(2)5-4-8-17-15/h4-8,10,16H,3,9,11H2,1-2H3. The summed E-state index contributed by atoms with van der Waals surface area (Å²) < 4.78 is 5.69. The zero-order valence-electron chi connectivity index (χ0n) is 11.4. The van der Waals surface area contributed by atoms with Crippen molar-refractivity contribution in [1.29, 1.82) is 0 Å². The van der Waals surface area contributed by atoms with E-state index in [0.29, 0.717) is 6.61 Å². The van der Waals surface area contributed by atoms with E-state index in [4.69, 9.17) is 4.74 Å². The summed E-state index contributed by atoms with van der Waals surface area (Å²) in [5.74, 6) is 0.769. The highest BCUT2D eigenvalue weighted by Gasteiger charge is 2.01. The van der Waals surface area contributed by atoms with E-state index >= 15 is 0 Å². The van der Waals surface area contributed by atoms with E-state index in [2.05, 4.69) is 22.2 Å². The summed E-state index contributed by atoms with van der Waals surface area (Å²) in [5, 5.41) is 3.24. The number of rotatable bonds is 6. The van der Waals surface area contributed by atoms with Gasteiger partial charge in [-0.25, -0.2) is 0 Å². The van der Waals surface area contributed by atoms with E-state index in [1.54, 1.807) is 12.4 Å². The second kappa shape index (κ2) is 6.85. The number of hydrogen-bond donors (Lipinski definition) is 1. The van der Waals surface area contributed by atoms with E-state index in [1.807, 2.05) is 31.2 Å². The van der Waals surface area contributed by atoms with Crippen molar-refractivity contribution >= 4 is 0 Å². The fourth-order valence-electron chi connectivity index (χ4n) is 1.68. The topological polar surface area (TPSA) is 47.0 Å². The molecule has 4 heteroatoms. The van der Waals surface area contributed by atoms with Crippen LogP contribution < -0.4 is 10.1 Å². The lowest BCUT2D eigenvalue weighted by Gasteiger charge is -2.08. The molecule has 0 bridgehead atoms. The highest BCUT2D eigenvalue weighted by molar-refractivity contribution is 5.22. The predicted octanol–water partition coefficient (Wildman–Crippen LogP) is 2.47. The summed E-state index contributed by atoms with van der Waals surface area (Å²) in [6.07, 6.45) is 3.54. The van der Waals surface area contributed by atoms with Crippen molar-refractivity contribution < 1.29 is 4.74 Å². The maximum absolute atomic E-state index is 5.69. The van der Waals surface area contributed by atoms with Crippen LogP contribution in [-0.4, -0.2) is 16.5 Å². The minimum atomic E-state index is 0.473. The Hall–Kier alpha value is -1.94. The minimum absolute atomic E-state index is 0.473. The van der Waals surface area contributed by atoms with Gasteiger partial charge in [0.15, 0.2) is 0 Å². The van der Waals surface area contributed by atoms with Gasteiger partial charge in [-0.1, -0.05) is 13.0 Å². The molecule has 2 aromatic heterocycles. The molecule has 19 heavy (non-hydrogen) atoms. The molecule has 0 aromatic carbocycles. The fraction of sp³-hybridized carbons (Fsp3) is 0.333. The molecular weight excluding hydrogens is 238 g/mol. The van der Waals surface area contributed by atoms with Crippen LogP contribution >= 0.6 is 0 Å². The lowest BCUT2D eigenvalue weighted by molar-refractivity contribution is 0.299. The maximum atomic E-state index is 5.69. The minimum Gasteiger partial charge on any atom is -0.486 e. The van der Waals surface area contributed by atoms with Crippen molar-refractivity contribution in [3.63, 3.8) is 0 Å². The van der Waals surface area contributed by atoms with Crippen LogP contribution in [0.4, 0.5) is 0 Å². The largest absolute Gasteiger partial charge is 0.486 e. The van der Waals surface area contributed by atoms with Crippen LogP contribution in [0.2, 0.25) is 0 Å². The quantitative estimate of drug-likeness (QED) is 0.863. The molecule has 0 unspecified atom stereocenters. The maximum Gasteiger partial charge on any atom is 0.138 e. The molecule has 0 aliphatic heterocycles. The number of ether oxygens (including phenoxy) is 1. The smallest absolute Gasteiger partial charge is 0.138 e. The molecule has 1 N–H and O–H groups in total. The number of nitrogens with one attached hydrogen (secondary N) is 1. The van der Waals surface area contributed by atoms with E-state index in [-0.39, 0.29) is 0 Å². The van der Waals surface area contributed by atoms with Gasteiger partial charge in [-0.15, -0.1) is 0 Å². The van der Waals surface area contributed by atoms with Crippen molar-refractivity contribution in [3.05, 3.63) is 53.6 Å². The van der Waals surface area contributed by atoms with Gasteiger partial charge in [0.1, 0.15) is 12.4 Å². The van der Waals surface area contributed by atoms with Gasteiger partial charge in [-0.3, -0.25) is 9.97 Å². The predicted molar refractivity (Wildman–Crippen MR) is 74.9 cm³/mol. The zero-order valence-corrected chi connectivity index (χ0v) is 11.4. The third-order valence-corrected chi connectivity index (χ3v) is 2.85. The molecular formula is C15H19N3O. The first-order valence-electron chi connectivity index (χ1n) is 6.48. The summed E-state index contributed by atoms with van der Waals surface area (Å²) in [7, 11) is 0. The highest BCUT2D eigenvalue weighted by atomic mass is 16.5. The zero-order chi connectivity index (χ0) is 13.5. The van der Waals surface area contributed by atoms with Gasteiger partial charge < -0.3 is 10.1 Å². The van der Waals surface area contributed by atoms with Crippen molar-refractivity contribution in [2.45, 2.75) is 27.0 Å². The average Bonchev–Trinajstić information content (AvgIpc) is 2.45. The van der Waals surface area contributed by atoms with Gasteiger partial charge in [-0.05, 0) is 37.2 Å². The van der Waals surface area contributed by atoms with Crippen LogP contribution in [0.25, 0.3) is 0 Å². The normalized spacial score (nSPS) is 10.4. The Bertz CT molecular complexity index is 511. The summed E-state index contributed by atoms with van der Waals surface area (Å²) >= 11 is 0. The van der Waals surface area contributed by atoms with E-state index in [9.17, 15) is 0 Å². The van der Waals surface area contributed by atoms with Crippen LogP contribution in [0.3, 0.4) is 0 Å². The van der Waals surface area contributed by atoms with Crippen LogP contribution in [0.15, 0.2) is 36.7 Å². The lowest BCUT2D eigenvalue weighted by Crippen LogP contribution is -2.12. The van der Waals surface area contributed by atoms with Crippen LogP contribution in [0.5, 0.6) is 5.75 Å². The first-order chi connectivity index (χ1) is 9.29. The van der Waals surface area contributed by atoms with E-state index < -0.39 is 0 Å². The Morgan fingerprint density at radius 2 is 2.11 bits per heavy atom. The fourth-order valence-corrected chi connectivity index (χ4v) is 1.68. The molecule has 0 saturated carbocycles. The number of pyridine rings is 2. The number of aryl methyl sites for hydroxylation is 1. The summed E-state index contributed by atoms with van der Waals surface area (Å²) in [5.41, 5.74) is 3.11. The molecule has 0 radical (unpaired) electrons. The third kappa shape index (κ3) is 4.03. The molecule has 0 amide bonds.